The van der Waals surface area contributed by atoms with Crippen molar-refractivity contribution in [3.63, 3.8) is 0 Å². The Morgan fingerprint density at radius 2 is 1.56 bits per heavy atom. The van der Waals surface area contributed by atoms with Crippen LogP contribution in [0.3, 0.4) is 0 Å². The van der Waals surface area contributed by atoms with E-state index in [1.165, 1.54) is 0 Å². The van der Waals surface area contributed by atoms with Gasteiger partial charge in [-0.2, -0.15) is 4.74 Å². The highest BCUT2D eigenvalue weighted by atomic mass is 16.5. The molecule has 0 unspecified atom stereocenters. The van der Waals surface area contributed by atoms with E-state index in [1.807, 2.05) is 54.6 Å². The Kier molecular flexibility index (Phi) is 3.46. The van der Waals surface area contributed by atoms with Crippen LogP contribution in [-0.2, 0) is 11.3 Å². The fraction of sp³-hybridized carbons (Fsp3) is 0.0714. The van der Waals surface area contributed by atoms with E-state index in [4.69, 9.17) is 9.47 Å². The first-order valence-corrected chi connectivity index (χ1v) is 5.08. The molecule has 0 heterocycles. The van der Waals surface area contributed by atoms with Crippen molar-refractivity contribution in [2.24, 2.45) is 0 Å². The van der Waals surface area contributed by atoms with Gasteiger partial charge in [0.1, 0.15) is 18.1 Å². The van der Waals surface area contributed by atoms with Gasteiger partial charge >= 0.3 is 0 Å². The second kappa shape index (κ2) is 5.24. The van der Waals surface area contributed by atoms with E-state index < -0.39 is 0 Å². The van der Waals surface area contributed by atoms with Crippen LogP contribution in [0.5, 0.6) is 11.5 Å². The minimum absolute atomic E-state index is 0.447. The third-order valence-corrected chi connectivity index (χ3v) is 2.20. The van der Waals surface area contributed by atoms with Crippen LogP contribution < -0.4 is 4.74 Å². The maximum absolute atomic E-state index is 5.75. The number of benzene rings is 2. The Balaban J connectivity index is 2.21. The van der Waals surface area contributed by atoms with Crippen LogP contribution in [0.2, 0.25) is 0 Å². The molecule has 16 heavy (non-hydrogen) atoms. The van der Waals surface area contributed by atoms with Gasteiger partial charge in [0.2, 0.25) is 7.11 Å². The predicted molar refractivity (Wildman–Crippen MR) is 63.1 cm³/mol. The largest absolute Gasteiger partial charge is 0.457 e. The molecule has 0 saturated carbocycles. The summed E-state index contributed by atoms with van der Waals surface area (Å²) in [6.07, 6.45) is 0. The summed E-state index contributed by atoms with van der Waals surface area (Å²) in [4.78, 5) is 0. The predicted octanol–water partition coefficient (Wildman–Crippen LogP) is 3.79. The van der Waals surface area contributed by atoms with Crippen LogP contribution in [0, 0.1) is 7.11 Å². The van der Waals surface area contributed by atoms with E-state index in [0.29, 0.717) is 6.61 Å². The standard InChI is InChI=1S/C14H13O2/c1-15-11-12-7-5-6-10-14(12)16-13-8-3-2-4-9-13/h2-10H,1,11H2/q+1. The number of rotatable bonds is 4. The summed E-state index contributed by atoms with van der Waals surface area (Å²) in [7, 11) is 3.37. The Morgan fingerprint density at radius 1 is 0.875 bits per heavy atom. The van der Waals surface area contributed by atoms with Crippen molar-refractivity contribution in [1.82, 2.24) is 0 Å². The van der Waals surface area contributed by atoms with Crippen LogP contribution in [0.25, 0.3) is 0 Å². The van der Waals surface area contributed by atoms with E-state index in [-0.39, 0.29) is 0 Å². The number of hydrogen-bond acceptors (Lipinski definition) is 2. The van der Waals surface area contributed by atoms with Gasteiger partial charge in [-0.3, -0.25) is 0 Å². The molecule has 2 aromatic carbocycles. The zero-order valence-electron chi connectivity index (χ0n) is 8.93. The Hall–Kier alpha value is -1.93. The molecule has 0 radical (unpaired) electrons. The molecule has 2 rings (SSSR count). The van der Waals surface area contributed by atoms with Gasteiger partial charge < -0.3 is 4.74 Å². The molecule has 0 N–H and O–H groups in total. The van der Waals surface area contributed by atoms with Crippen LogP contribution >= 0.6 is 0 Å². The van der Waals surface area contributed by atoms with Gasteiger partial charge in [0.05, 0.1) is 0 Å². The van der Waals surface area contributed by atoms with Crippen molar-refractivity contribution < 1.29 is 9.47 Å². The lowest BCUT2D eigenvalue weighted by atomic mass is 10.2. The lowest BCUT2D eigenvalue weighted by Gasteiger charge is -2.08. The van der Waals surface area contributed by atoms with Crippen molar-refractivity contribution in [3.8, 4) is 11.5 Å². The molecule has 0 aliphatic heterocycles. The molecular formula is C14H13O2+. The maximum atomic E-state index is 5.75. The minimum atomic E-state index is 0.447. The quantitative estimate of drug-likeness (QED) is 0.719. The van der Waals surface area contributed by atoms with Crippen molar-refractivity contribution >= 4 is 0 Å². The fourth-order valence-electron chi connectivity index (χ4n) is 1.45. The number of hydrogen-bond donors (Lipinski definition) is 0. The number of ether oxygens (including phenoxy) is 2. The maximum Gasteiger partial charge on any atom is 0.213 e. The van der Waals surface area contributed by atoms with Gasteiger partial charge in [-0.1, -0.05) is 36.4 Å². The topological polar surface area (TPSA) is 18.5 Å². The van der Waals surface area contributed by atoms with Gasteiger partial charge in [0, 0.05) is 5.56 Å². The summed E-state index contributed by atoms with van der Waals surface area (Å²) in [5.41, 5.74) is 0.987. The Morgan fingerprint density at radius 3 is 2.31 bits per heavy atom. The lowest BCUT2D eigenvalue weighted by Crippen LogP contribution is -1.92. The molecule has 2 nitrogen and oxygen atoms in total. The van der Waals surface area contributed by atoms with Crippen molar-refractivity contribution in [3.05, 3.63) is 67.3 Å². The van der Waals surface area contributed by atoms with Crippen LogP contribution in [0.15, 0.2) is 54.6 Å². The summed E-state index contributed by atoms with van der Waals surface area (Å²) < 4.78 is 10.6. The molecule has 2 heteroatoms. The lowest BCUT2D eigenvalue weighted by molar-refractivity contribution is 0.225. The van der Waals surface area contributed by atoms with E-state index in [2.05, 4.69) is 7.11 Å². The van der Waals surface area contributed by atoms with Gasteiger partial charge in [-0.15, -0.1) is 0 Å². The zero-order chi connectivity index (χ0) is 11.2. The van der Waals surface area contributed by atoms with Crippen molar-refractivity contribution in [2.75, 3.05) is 0 Å². The molecule has 0 saturated heterocycles. The SMILES string of the molecule is [CH2+]OCc1ccccc1Oc1ccccc1. The zero-order valence-corrected chi connectivity index (χ0v) is 8.93. The normalized spacial score (nSPS) is 10.0. The Labute approximate surface area is 95.4 Å². The van der Waals surface area contributed by atoms with Gasteiger partial charge in [0.15, 0.2) is 0 Å². The number of para-hydroxylation sites is 2. The molecule has 0 amide bonds. The summed E-state index contributed by atoms with van der Waals surface area (Å²) in [5.74, 6) is 1.62. The molecule has 0 fully saturated rings. The summed E-state index contributed by atoms with van der Waals surface area (Å²) in [6, 6.07) is 17.4. The van der Waals surface area contributed by atoms with Gasteiger partial charge in [-0.05, 0) is 18.2 Å². The second-order valence-electron chi connectivity index (χ2n) is 3.37. The molecule has 0 atom stereocenters. The average Bonchev–Trinajstić information content (AvgIpc) is 2.33. The summed E-state index contributed by atoms with van der Waals surface area (Å²) >= 11 is 0. The smallest absolute Gasteiger partial charge is 0.213 e. The van der Waals surface area contributed by atoms with Crippen LogP contribution in [-0.4, -0.2) is 0 Å². The third kappa shape index (κ3) is 2.55. The average molecular weight is 213 g/mol. The first-order valence-electron chi connectivity index (χ1n) is 5.08. The van der Waals surface area contributed by atoms with Crippen LogP contribution in [0.4, 0.5) is 0 Å². The van der Waals surface area contributed by atoms with E-state index in [0.717, 1.165) is 17.1 Å². The van der Waals surface area contributed by atoms with E-state index in [1.54, 1.807) is 0 Å². The first-order chi connectivity index (χ1) is 7.90. The highest BCUT2D eigenvalue weighted by Gasteiger charge is 2.04. The Bertz CT molecular complexity index is 437. The van der Waals surface area contributed by atoms with Crippen LogP contribution in [0.1, 0.15) is 5.56 Å². The third-order valence-electron chi connectivity index (χ3n) is 2.20. The highest BCUT2D eigenvalue weighted by Crippen LogP contribution is 2.25. The molecule has 0 spiro atoms. The van der Waals surface area contributed by atoms with E-state index >= 15 is 0 Å². The fourth-order valence-corrected chi connectivity index (χ4v) is 1.45. The molecule has 0 bridgehead atoms. The molecule has 0 aliphatic rings. The second-order valence-corrected chi connectivity index (χ2v) is 3.37. The molecule has 0 aliphatic carbocycles. The highest BCUT2D eigenvalue weighted by molar-refractivity contribution is 5.37. The minimum Gasteiger partial charge on any atom is -0.457 e. The molecule has 0 aromatic heterocycles. The van der Waals surface area contributed by atoms with Gasteiger partial charge in [-0.25, -0.2) is 0 Å². The monoisotopic (exact) mass is 213 g/mol. The summed E-state index contributed by atoms with van der Waals surface area (Å²) in [6.45, 7) is 0.447. The van der Waals surface area contributed by atoms with Gasteiger partial charge in [0.25, 0.3) is 0 Å². The molecule has 80 valence electrons. The van der Waals surface area contributed by atoms with Crippen molar-refractivity contribution in [1.29, 1.82) is 0 Å². The first kappa shape index (κ1) is 10.6. The van der Waals surface area contributed by atoms with Crippen molar-refractivity contribution in [2.45, 2.75) is 6.61 Å². The van der Waals surface area contributed by atoms with E-state index in [9.17, 15) is 0 Å². The molecular weight excluding hydrogens is 200 g/mol. The molecule has 2 aromatic rings. The summed E-state index contributed by atoms with van der Waals surface area (Å²) in [5, 5.41) is 0.